The lowest BCUT2D eigenvalue weighted by atomic mass is 10.00. The van der Waals surface area contributed by atoms with Gasteiger partial charge in [-0.1, -0.05) is 24.6 Å². The van der Waals surface area contributed by atoms with Gasteiger partial charge in [-0.2, -0.15) is 0 Å². The number of hydrogen-bond donors (Lipinski definition) is 1. The Labute approximate surface area is 100 Å². The SMILES string of the molecule is O=C(O)CCc1ccccc1SC1CCC1. The molecule has 1 aliphatic rings. The molecule has 1 fully saturated rings. The quantitative estimate of drug-likeness (QED) is 0.852. The third-order valence-electron chi connectivity index (χ3n) is 2.93. The van der Waals surface area contributed by atoms with Crippen molar-refractivity contribution in [3.8, 4) is 0 Å². The summed E-state index contributed by atoms with van der Waals surface area (Å²) in [6, 6.07) is 8.18. The first-order valence-corrected chi connectivity index (χ1v) is 6.60. The van der Waals surface area contributed by atoms with Crippen LogP contribution in [0.15, 0.2) is 29.2 Å². The molecule has 0 bridgehead atoms. The number of carbonyl (C=O) groups is 1. The Bertz CT molecular complexity index is 372. The van der Waals surface area contributed by atoms with Crippen molar-refractivity contribution in [1.29, 1.82) is 0 Å². The van der Waals surface area contributed by atoms with Crippen molar-refractivity contribution in [1.82, 2.24) is 0 Å². The molecule has 1 saturated carbocycles. The van der Waals surface area contributed by atoms with Crippen molar-refractivity contribution in [3.63, 3.8) is 0 Å². The lowest BCUT2D eigenvalue weighted by Gasteiger charge is -2.25. The Kier molecular flexibility index (Phi) is 3.88. The third kappa shape index (κ3) is 3.01. The van der Waals surface area contributed by atoms with Crippen LogP contribution in [0.4, 0.5) is 0 Å². The van der Waals surface area contributed by atoms with E-state index in [9.17, 15) is 4.79 Å². The molecule has 0 heterocycles. The fraction of sp³-hybridized carbons (Fsp3) is 0.462. The molecular weight excluding hydrogens is 220 g/mol. The van der Waals surface area contributed by atoms with Crippen molar-refractivity contribution in [2.24, 2.45) is 0 Å². The second-order valence-electron chi connectivity index (χ2n) is 4.17. The van der Waals surface area contributed by atoms with Crippen LogP contribution in [-0.4, -0.2) is 16.3 Å². The summed E-state index contributed by atoms with van der Waals surface area (Å²) < 4.78 is 0. The van der Waals surface area contributed by atoms with Crippen LogP contribution >= 0.6 is 11.8 Å². The minimum Gasteiger partial charge on any atom is -0.481 e. The molecule has 1 aromatic rings. The smallest absolute Gasteiger partial charge is 0.303 e. The van der Waals surface area contributed by atoms with Gasteiger partial charge in [0.15, 0.2) is 0 Å². The van der Waals surface area contributed by atoms with Crippen LogP contribution in [0.2, 0.25) is 0 Å². The summed E-state index contributed by atoms with van der Waals surface area (Å²) in [4.78, 5) is 11.8. The second-order valence-corrected chi connectivity index (χ2v) is 5.51. The molecule has 86 valence electrons. The van der Waals surface area contributed by atoms with E-state index in [2.05, 4.69) is 6.07 Å². The first-order valence-electron chi connectivity index (χ1n) is 5.72. The van der Waals surface area contributed by atoms with Crippen molar-refractivity contribution >= 4 is 17.7 Å². The molecule has 3 heteroatoms. The first-order chi connectivity index (χ1) is 7.75. The maximum atomic E-state index is 10.6. The third-order valence-corrected chi connectivity index (χ3v) is 4.38. The maximum Gasteiger partial charge on any atom is 0.303 e. The highest BCUT2D eigenvalue weighted by atomic mass is 32.2. The van der Waals surface area contributed by atoms with Crippen LogP contribution in [0.5, 0.6) is 0 Å². The molecule has 1 aromatic carbocycles. The molecule has 1 aliphatic carbocycles. The Morgan fingerprint density at radius 3 is 2.75 bits per heavy atom. The summed E-state index contributed by atoms with van der Waals surface area (Å²) in [7, 11) is 0. The van der Waals surface area contributed by atoms with E-state index in [0.717, 1.165) is 5.25 Å². The van der Waals surface area contributed by atoms with E-state index < -0.39 is 5.97 Å². The predicted molar refractivity (Wildman–Crippen MR) is 65.9 cm³/mol. The Morgan fingerprint density at radius 1 is 1.38 bits per heavy atom. The van der Waals surface area contributed by atoms with E-state index in [4.69, 9.17) is 5.11 Å². The van der Waals surface area contributed by atoms with Gasteiger partial charge in [-0.05, 0) is 30.9 Å². The molecule has 16 heavy (non-hydrogen) atoms. The highest BCUT2D eigenvalue weighted by Crippen LogP contribution is 2.37. The average molecular weight is 236 g/mol. The van der Waals surface area contributed by atoms with Gasteiger partial charge in [0.2, 0.25) is 0 Å². The maximum absolute atomic E-state index is 10.6. The average Bonchev–Trinajstić information content (AvgIpc) is 2.22. The molecule has 1 N–H and O–H groups in total. The van der Waals surface area contributed by atoms with Crippen molar-refractivity contribution in [2.75, 3.05) is 0 Å². The van der Waals surface area contributed by atoms with Crippen molar-refractivity contribution in [3.05, 3.63) is 29.8 Å². The van der Waals surface area contributed by atoms with E-state index in [1.54, 1.807) is 0 Å². The fourth-order valence-electron chi connectivity index (χ4n) is 1.74. The van der Waals surface area contributed by atoms with E-state index >= 15 is 0 Å². The Hall–Kier alpha value is -0.960. The highest BCUT2D eigenvalue weighted by molar-refractivity contribution is 8.00. The van der Waals surface area contributed by atoms with Gasteiger partial charge in [0, 0.05) is 16.6 Å². The molecule has 0 aromatic heterocycles. The minimum absolute atomic E-state index is 0.224. The lowest BCUT2D eigenvalue weighted by Crippen LogP contribution is -2.13. The molecule has 0 unspecified atom stereocenters. The van der Waals surface area contributed by atoms with E-state index in [0.29, 0.717) is 6.42 Å². The van der Waals surface area contributed by atoms with Crippen LogP contribution in [0.1, 0.15) is 31.2 Å². The second kappa shape index (κ2) is 5.39. The summed E-state index contributed by atoms with van der Waals surface area (Å²) >= 11 is 1.92. The zero-order valence-electron chi connectivity index (χ0n) is 9.19. The number of aliphatic carboxylic acids is 1. The zero-order chi connectivity index (χ0) is 11.4. The molecule has 0 amide bonds. The van der Waals surface area contributed by atoms with Crippen LogP contribution in [0.3, 0.4) is 0 Å². The lowest BCUT2D eigenvalue weighted by molar-refractivity contribution is -0.136. The number of thioether (sulfide) groups is 1. The standard InChI is InChI=1S/C13H16O2S/c14-13(15)9-8-10-4-1-2-7-12(10)16-11-5-3-6-11/h1-2,4,7,11H,3,5-6,8-9H2,(H,14,15). The highest BCUT2D eigenvalue weighted by Gasteiger charge is 2.19. The molecule has 0 aliphatic heterocycles. The molecule has 0 spiro atoms. The van der Waals surface area contributed by atoms with Crippen LogP contribution < -0.4 is 0 Å². The number of carboxylic acid groups (broad SMARTS) is 1. The number of carboxylic acids is 1. The van der Waals surface area contributed by atoms with Crippen LogP contribution in [0, 0.1) is 0 Å². The zero-order valence-corrected chi connectivity index (χ0v) is 10.0. The van der Waals surface area contributed by atoms with Gasteiger partial charge in [-0.3, -0.25) is 4.79 Å². The van der Waals surface area contributed by atoms with Crippen LogP contribution in [0.25, 0.3) is 0 Å². The predicted octanol–water partition coefficient (Wildman–Crippen LogP) is 3.35. The summed E-state index contributed by atoms with van der Waals surface area (Å²) in [6.07, 6.45) is 4.82. The number of benzene rings is 1. The van der Waals surface area contributed by atoms with E-state index in [1.165, 1.54) is 29.7 Å². The molecule has 0 radical (unpaired) electrons. The van der Waals surface area contributed by atoms with Gasteiger partial charge in [-0.15, -0.1) is 11.8 Å². The largest absolute Gasteiger partial charge is 0.481 e. The fourth-order valence-corrected chi connectivity index (χ4v) is 3.14. The van der Waals surface area contributed by atoms with E-state index in [1.807, 2.05) is 30.0 Å². The summed E-state index contributed by atoms with van der Waals surface area (Å²) in [5, 5.41) is 9.45. The molecule has 0 atom stereocenters. The number of hydrogen-bond acceptors (Lipinski definition) is 2. The molecule has 2 rings (SSSR count). The number of rotatable bonds is 5. The van der Waals surface area contributed by atoms with Crippen molar-refractivity contribution in [2.45, 2.75) is 42.2 Å². The molecule has 2 nitrogen and oxygen atoms in total. The summed E-state index contributed by atoms with van der Waals surface area (Å²) in [5.41, 5.74) is 1.18. The Balaban J connectivity index is 2.00. The normalized spacial score (nSPS) is 15.8. The number of aryl methyl sites for hydroxylation is 1. The monoisotopic (exact) mass is 236 g/mol. The topological polar surface area (TPSA) is 37.3 Å². The van der Waals surface area contributed by atoms with Gasteiger partial charge >= 0.3 is 5.97 Å². The minimum atomic E-state index is -0.719. The summed E-state index contributed by atoms with van der Waals surface area (Å²) in [5.74, 6) is -0.719. The first kappa shape index (κ1) is 11.5. The van der Waals surface area contributed by atoms with Crippen LogP contribution in [-0.2, 0) is 11.2 Å². The van der Waals surface area contributed by atoms with Gasteiger partial charge in [0.1, 0.15) is 0 Å². The summed E-state index contributed by atoms with van der Waals surface area (Å²) in [6.45, 7) is 0. The van der Waals surface area contributed by atoms with Gasteiger partial charge in [0.25, 0.3) is 0 Å². The van der Waals surface area contributed by atoms with Gasteiger partial charge in [-0.25, -0.2) is 0 Å². The van der Waals surface area contributed by atoms with Crippen molar-refractivity contribution < 1.29 is 9.90 Å². The van der Waals surface area contributed by atoms with E-state index in [-0.39, 0.29) is 6.42 Å². The molecular formula is C13H16O2S. The van der Waals surface area contributed by atoms with Gasteiger partial charge < -0.3 is 5.11 Å². The Morgan fingerprint density at radius 2 is 2.12 bits per heavy atom. The van der Waals surface area contributed by atoms with Gasteiger partial charge in [0.05, 0.1) is 0 Å². The molecule has 0 saturated heterocycles.